The molecule has 0 unspecified atom stereocenters. The normalized spacial score (nSPS) is 31.1. The SMILES string of the molecule is Nc1ccn([C@@]2(C=CBr)C[C@H](O)[C@@H](CO)O2)c(=O)n1. The van der Waals surface area contributed by atoms with Crippen molar-refractivity contribution in [3.05, 3.63) is 33.8 Å². The van der Waals surface area contributed by atoms with E-state index in [-0.39, 0.29) is 18.8 Å². The number of aliphatic hydroxyl groups excluding tert-OH is 2. The molecule has 1 aromatic heterocycles. The van der Waals surface area contributed by atoms with Crippen molar-refractivity contribution in [3.8, 4) is 0 Å². The average Bonchev–Trinajstić information content (AvgIpc) is 2.66. The molecule has 7 nitrogen and oxygen atoms in total. The van der Waals surface area contributed by atoms with E-state index in [0.29, 0.717) is 0 Å². The predicted molar refractivity (Wildman–Crippen MR) is 71.5 cm³/mol. The lowest BCUT2D eigenvalue weighted by molar-refractivity contribution is -0.0891. The van der Waals surface area contributed by atoms with Crippen molar-refractivity contribution in [3.63, 3.8) is 0 Å². The van der Waals surface area contributed by atoms with Gasteiger partial charge >= 0.3 is 5.69 Å². The van der Waals surface area contributed by atoms with Crippen LogP contribution in [0, 0.1) is 0 Å². The van der Waals surface area contributed by atoms with Crippen molar-refractivity contribution in [2.24, 2.45) is 0 Å². The van der Waals surface area contributed by atoms with Crippen LogP contribution >= 0.6 is 15.9 Å². The van der Waals surface area contributed by atoms with E-state index in [1.54, 1.807) is 6.08 Å². The molecule has 0 aromatic carbocycles. The minimum absolute atomic E-state index is 0.108. The highest BCUT2D eigenvalue weighted by atomic mass is 79.9. The van der Waals surface area contributed by atoms with Gasteiger partial charge in [-0.15, -0.1) is 0 Å². The first-order valence-corrected chi connectivity index (χ1v) is 6.54. The second kappa shape index (κ2) is 5.41. The summed E-state index contributed by atoms with van der Waals surface area (Å²) in [4.78, 5) is 17.1. The molecule has 0 radical (unpaired) electrons. The standard InChI is InChI=1S/C11H14BrN3O4/c12-3-2-11(5-7(17)8(6-16)19-11)15-4-1-9(13)14-10(15)18/h1-4,7-8,16-17H,5-6H2,(H2,13,14,18)/t7-,8+,11+/m0/s1. The maximum atomic E-state index is 11.9. The molecule has 1 saturated heterocycles. The number of hydrogen-bond donors (Lipinski definition) is 3. The number of ether oxygens (including phenoxy) is 1. The summed E-state index contributed by atoms with van der Waals surface area (Å²) in [5, 5.41) is 19.0. The van der Waals surface area contributed by atoms with Crippen LogP contribution in [-0.4, -0.2) is 38.6 Å². The zero-order valence-electron chi connectivity index (χ0n) is 9.94. The first-order valence-electron chi connectivity index (χ1n) is 5.63. The van der Waals surface area contributed by atoms with Crippen molar-refractivity contribution in [2.45, 2.75) is 24.4 Å². The van der Waals surface area contributed by atoms with Gasteiger partial charge in [-0.3, -0.25) is 4.57 Å². The molecule has 4 N–H and O–H groups in total. The van der Waals surface area contributed by atoms with E-state index in [2.05, 4.69) is 20.9 Å². The second-order valence-electron chi connectivity index (χ2n) is 4.25. The van der Waals surface area contributed by atoms with Gasteiger partial charge in [0.25, 0.3) is 0 Å². The molecule has 3 atom stereocenters. The maximum absolute atomic E-state index is 11.9. The van der Waals surface area contributed by atoms with Gasteiger partial charge in [-0.1, -0.05) is 15.9 Å². The minimum atomic E-state index is -1.19. The number of halogens is 1. The number of hydrogen-bond acceptors (Lipinski definition) is 6. The van der Waals surface area contributed by atoms with E-state index in [0.717, 1.165) is 0 Å². The lowest BCUT2D eigenvalue weighted by atomic mass is 10.1. The molecule has 8 heteroatoms. The molecule has 1 fully saturated rings. The smallest absolute Gasteiger partial charge is 0.352 e. The number of nitrogens with two attached hydrogens (primary N) is 1. The van der Waals surface area contributed by atoms with Gasteiger partial charge in [-0.25, -0.2) is 4.79 Å². The van der Waals surface area contributed by atoms with E-state index in [1.807, 2.05) is 0 Å². The van der Waals surface area contributed by atoms with Crippen LogP contribution in [0.5, 0.6) is 0 Å². The minimum Gasteiger partial charge on any atom is -0.394 e. The Morgan fingerprint density at radius 2 is 2.47 bits per heavy atom. The fraction of sp³-hybridized carbons (Fsp3) is 0.455. The maximum Gasteiger partial charge on any atom is 0.352 e. The molecule has 0 spiro atoms. The number of nitrogen functional groups attached to an aromatic ring is 1. The van der Waals surface area contributed by atoms with Crippen molar-refractivity contribution >= 4 is 21.7 Å². The van der Waals surface area contributed by atoms with E-state index >= 15 is 0 Å². The van der Waals surface area contributed by atoms with Crippen LogP contribution in [0.4, 0.5) is 5.82 Å². The Kier molecular flexibility index (Phi) is 4.04. The Hall–Kier alpha value is -1.22. The van der Waals surface area contributed by atoms with Gasteiger partial charge in [0.05, 0.1) is 12.7 Å². The van der Waals surface area contributed by atoms with Crippen LogP contribution in [0.1, 0.15) is 6.42 Å². The first kappa shape index (κ1) is 14.2. The Morgan fingerprint density at radius 1 is 1.74 bits per heavy atom. The molecule has 104 valence electrons. The third-order valence-electron chi connectivity index (χ3n) is 3.02. The Balaban J connectivity index is 2.49. The Bertz CT molecular complexity index is 547. The largest absolute Gasteiger partial charge is 0.394 e. The summed E-state index contributed by atoms with van der Waals surface area (Å²) >= 11 is 3.13. The summed E-state index contributed by atoms with van der Waals surface area (Å²) in [6, 6.07) is 1.47. The molecule has 19 heavy (non-hydrogen) atoms. The van der Waals surface area contributed by atoms with Gasteiger partial charge in [-0.05, 0) is 17.1 Å². The van der Waals surface area contributed by atoms with Gasteiger partial charge in [0, 0.05) is 12.6 Å². The van der Waals surface area contributed by atoms with Crippen LogP contribution in [0.25, 0.3) is 0 Å². The van der Waals surface area contributed by atoms with Crippen molar-refractivity contribution < 1.29 is 14.9 Å². The summed E-state index contributed by atoms with van der Waals surface area (Å²) in [5.74, 6) is 0.108. The monoisotopic (exact) mass is 331 g/mol. The number of aromatic nitrogens is 2. The molecule has 2 rings (SSSR count). The van der Waals surface area contributed by atoms with Crippen LogP contribution in [0.15, 0.2) is 28.1 Å². The van der Waals surface area contributed by atoms with E-state index < -0.39 is 23.6 Å². The second-order valence-corrected chi connectivity index (χ2v) is 4.78. The van der Waals surface area contributed by atoms with E-state index in [9.17, 15) is 9.90 Å². The molecular weight excluding hydrogens is 318 g/mol. The third-order valence-corrected chi connectivity index (χ3v) is 3.29. The first-order chi connectivity index (χ1) is 9.02. The van der Waals surface area contributed by atoms with E-state index in [4.69, 9.17) is 15.6 Å². The lowest BCUT2D eigenvalue weighted by Gasteiger charge is -2.27. The van der Waals surface area contributed by atoms with Gasteiger partial charge in [-0.2, -0.15) is 4.98 Å². The third kappa shape index (κ3) is 2.57. The van der Waals surface area contributed by atoms with Gasteiger partial charge in [0.15, 0.2) is 5.72 Å². The fourth-order valence-corrected chi connectivity index (χ4v) is 2.54. The molecular formula is C11H14BrN3O4. The summed E-state index contributed by atoms with van der Waals surface area (Å²) in [5.41, 5.74) is 3.67. The van der Waals surface area contributed by atoms with Gasteiger partial charge < -0.3 is 20.7 Å². The van der Waals surface area contributed by atoms with Crippen LogP contribution < -0.4 is 11.4 Å². The average molecular weight is 332 g/mol. The summed E-state index contributed by atoms with van der Waals surface area (Å²) < 4.78 is 6.86. The zero-order valence-corrected chi connectivity index (χ0v) is 11.5. The van der Waals surface area contributed by atoms with Crippen LogP contribution in [0.2, 0.25) is 0 Å². The predicted octanol–water partition coefficient (Wildman–Crippen LogP) is -0.471. The molecule has 0 saturated carbocycles. The van der Waals surface area contributed by atoms with Crippen LogP contribution in [-0.2, 0) is 10.5 Å². The Labute approximate surface area is 117 Å². The summed E-state index contributed by atoms with van der Waals surface area (Å²) in [6.45, 7) is -0.337. The Morgan fingerprint density at radius 3 is 3.00 bits per heavy atom. The van der Waals surface area contributed by atoms with Crippen molar-refractivity contribution in [1.29, 1.82) is 0 Å². The molecule has 2 heterocycles. The molecule has 0 amide bonds. The molecule has 1 aliphatic heterocycles. The summed E-state index contributed by atoms with van der Waals surface area (Å²) in [6.07, 6.45) is 1.52. The molecule has 1 aliphatic rings. The lowest BCUT2D eigenvalue weighted by Crippen LogP contribution is -2.41. The molecule has 0 aliphatic carbocycles. The number of rotatable bonds is 3. The molecule has 1 aromatic rings. The zero-order chi connectivity index (χ0) is 14.0. The number of aliphatic hydroxyl groups is 2. The highest BCUT2D eigenvalue weighted by Crippen LogP contribution is 2.35. The molecule has 0 bridgehead atoms. The number of nitrogens with zero attached hydrogens (tertiary/aromatic N) is 2. The van der Waals surface area contributed by atoms with Crippen molar-refractivity contribution in [2.75, 3.05) is 12.3 Å². The number of anilines is 1. The topological polar surface area (TPSA) is 111 Å². The van der Waals surface area contributed by atoms with Crippen molar-refractivity contribution in [1.82, 2.24) is 9.55 Å². The highest BCUT2D eigenvalue weighted by molar-refractivity contribution is 9.11. The van der Waals surface area contributed by atoms with Crippen LogP contribution in [0.3, 0.4) is 0 Å². The van der Waals surface area contributed by atoms with E-state index in [1.165, 1.54) is 21.8 Å². The fourth-order valence-electron chi connectivity index (χ4n) is 2.12. The highest BCUT2D eigenvalue weighted by Gasteiger charge is 2.46. The quantitative estimate of drug-likeness (QED) is 0.690. The van der Waals surface area contributed by atoms with Gasteiger partial charge in [0.1, 0.15) is 11.9 Å². The summed E-state index contributed by atoms with van der Waals surface area (Å²) in [7, 11) is 0. The van der Waals surface area contributed by atoms with Gasteiger partial charge in [0.2, 0.25) is 0 Å².